The summed E-state index contributed by atoms with van der Waals surface area (Å²) in [6, 6.07) is 13.4. The van der Waals surface area contributed by atoms with Gasteiger partial charge in [-0.1, -0.05) is 36.4 Å². The maximum Gasteiger partial charge on any atom is 0.221 e. The molecule has 0 saturated heterocycles. The molecule has 0 atom stereocenters. The molecule has 4 heteroatoms. The molecule has 22 heavy (non-hydrogen) atoms. The molecule has 0 radical (unpaired) electrons. The molecule has 2 aromatic rings. The van der Waals surface area contributed by atoms with E-state index in [0.717, 1.165) is 28.2 Å². The van der Waals surface area contributed by atoms with Crippen LogP contribution in [0.4, 0.5) is 0 Å². The summed E-state index contributed by atoms with van der Waals surface area (Å²) in [5, 5.41) is 0. The number of hydrogen-bond acceptors (Lipinski definition) is 3. The Morgan fingerprint density at radius 3 is 2.00 bits per heavy atom. The number of rotatable bonds is 6. The average Bonchev–Trinajstić information content (AvgIpc) is 2.53. The lowest BCUT2D eigenvalue weighted by Gasteiger charge is -2.05. The number of methoxy groups -OCH3 is 2. The van der Waals surface area contributed by atoms with Crippen LogP contribution in [0, 0.1) is 0 Å². The molecule has 2 rings (SSSR count). The Kier molecular flexibility index (Phi) is 5.20. The Balaban J connectivity index is 2.15. The van der Waals surface area contributed by atoms with Gasteiger partial charge in [-0.2, -0.15) is 0 Å². The van der Waals surface area contributed by atoms with Crippen molar-refractivity contribution in [3.63, 3.8) is 0 Å². The van der Waals surface area contributed by atoms with Gasteiger partial charge in [0, 0.05) is 6.07 Å². The van der Waals surface area contributed by atoms with Crippen LogP contribution in [0.1, 0.15) is 16.7 Å². The first kappa shape index (κ1) is 15.6. The van der Waals surface area contributed by atoms with Gasteiger partial charge in [0.2, 0.25) is 5.91 Å². The number of carbonyl (C=O) groups is 1. The number of primary amides is 1. The van der Waals surface area contributed by atoms with Crippen molar-refractivity contribution in [3.05, 3.63) is 59.2 Å². The van der Waals surface area contributed by atoms with Crippen LogP contribution < -0.4 is 15.2 Å². The van der Waals surface area contributed by atoms with Gasteiger partial charge < -0.3 is 15.2 Å². The van der Waals surface area contributed by atoms with E-state index >= 15 is 0 Å². The summed E-state index contributed by atoms with van der Waals surface area (Å²) in [6.45, 7) is 0. The maximum atomic E-state index is 10.9. The van der Waals surface area contributed by atoms with Gasteiger partial charge in [-0.15, -0.1) is 0 Å². The zero-order valence-electron chi connectivity index (χ0n) is 12.7. The van der Waals surface area contributed by atoms with Crippen LogP contribution in [0.25, 0.3) is 12.2 Å². The van der Waals surface area contributed by atoms with Gasteiger partial charge in [0.25, 0.3) is 0 Å². The maximum absolute atomic E-state index is 10.9. The van der Waals surface area contributed by atoms with Crippen molar-refractivity contribution in [2.45, 2.75) is 6.42 Å². The second kappa shape index (κ2) is 7.31. The van der Waals surface area contributed by atoms with Crippen LogP contribution in [0.2, 0.25) is 0 Å². The van der Waals surface area contributed by atoms with Gasteiger partial charge in [-0.25, -0.2) is 0 Å². The van der Waals surface area contributed by atoms with E-state index in [1.54, 1.807) is 14.2 Å². The summed E-state index contributed by atoms with van der Waals surface area (Å²) >= 11 is 0. The van der Waals surface area contributed by atoms with Gasteiger partial charge >= 0.3 is 0 Å². The molecule has 2 N–H and O–H groups in total. The molecule has 0 aliphatic carbocycles. The van der Waals surface area contributed by atoms with Crippen molar-refractivity contribution >= 4 is 18.1 Å². The lowest BCUT2D eigenvalue weighted by atomic mass is 10.1. The van der Waals surface area contributed by atoms with Gasteiger partial charge in [0.05, 0.1) is 20.6 Å². The van der Waals surface area contributed by atoms with E-state index in [1.807, 2.05) is 54.6 Å². The monoisotopic (exact) mass is 297 g/mol. The van der Waals surface area contributed by atoms with Crippen LogP contribution in [-0.4, -0.2) is 20.1 Å². The third-order valence-corrected chi connectivity index (χ3v) is 3.20. The normalized spacial score (nSPS) is 10.6. The largest absolute Gasteiger partial charge is 0.497 e. The predicted octanol–water partition coefficient (Wildman–Crippen LogP) is 2.90. The highest BCUT2D eigenvalue weighted by Crippen LogP contribution is 2.23. The minimum atomic E-state index is -0.327. The van der Waals surface area contributed by atoms with Crippen LogP contribution in [0.3, 0.4) is 0 Å². The van der Waals surface area contributed by atoms with Gasteiger partial charge in [0.1, 0.15) is 11.5 Å². The molecule has 114 valence electrons. The number of ether oxygens (including phenoxy) is 2. The van der Waals surface area contributed by atoms with Crippen molar-refractivity contribution in [1.29, 1.82) is 0 Å². The van der Waals surface area contributed by atoms with Crippen molar-refractivity contribution < 1.29 is 14.3 Å². The smallest absolute Gasteiger partial charge is 0.221 e. The third kappa shape index (κ3) is 4.38. The predicted molar refractivity (Wildman–Crippen MR) is 87.8 cm³/mol. The molecule has 0 fully saturated rings. The first-order valence-electron chi connectivity index (χ1n) is 6.89. The van der Waals surface area contributed by atoms with Gasteiger partial charge in [-0.3, -0.25) is 4.79 Å². The quantitative estimate of drug-likeness (QED) is 0.834. The average molecular weight is 297 g/mol. The summed E-state index contributed by atoms with van der Waals surface area (Å²) < 4.78 is 10.5. The van der Waals surface area contributed by atoms with Crippen LogP contribution >= 0.6 is 0 Å². The molecule has 0 unspecified atom stereocenters. The van der Waals surface area contributed by atoms with Crippen molar-refractivity contribution in [2.24, 2.45) is 5.73 Å². The molecule has 0 spiro atoms. The molecule has 4 nitrogen and oxygen atoms in total. The fourth-order valence-electron chi connectivity index (χ4n) is 2.07. The van der Waals surface area contributed by atoms with E-state index in [1.165, 1.54) is 0 Å². The highest BCUT2D eigenvalue weighted by molar-refractivity contribution is 5.77. The Morgan fingerprint density at radius 2 is 1.50 bits per heavy atom. The fourth-order valence-corrected chi connectivity index (χ4v) is 2.07. The summed E-state index contributed by atoms with van der Waals surface area (Å²) in [4.78, 5) is 10.9. The summed E-state index contributed by atoms with van der Waals surface area (Å²) in [7, 11) is 3.25. The zero-order chi connectivity index (χ0) is 15.9. The number of nitrogens with two attached hydrogens (primary N) is 1. The molecular formula is C18H19NO3. The Bertz CT molecular complexity index is 653. The Hall–Kier alpha value is -2.75. The number of benzene rings is 2. The first-order chi connectivity index (χ1) is 10.6. The molecule has 0 heterocycles. The Morgan fingerprint density at radius 1 is 0.955 bits per heavy atom. The Labute approximate surface area is 130 Å². The molecule has 0 aromatic heterocycles. The highest BCUT2D eigenvalue weighted by atomic mass is 16.5. The standard InChI is InChI=1S/C18H19NO3/c1-21-16-9-15(10-17(12-16)22-2)8-5-13-3-6-14(7-4-13)11-18(19)20/h3-10,12H,11H2,1-2H3,(H2,19,20)/b8-5+. The molecule has 1 amide bonds. The number of carbonyl (C=O) groups excluding carboxylic acids is 1. The van der Waals surface area contributed by atoms with E-state index < -0.39 is 0 Å². The lowest BCUT2D eigenvalue weighted by molar-refractivity contribution is -0.117. The molecule has 0 saturated carbocycles. The van der Waals surface area contributed by atoms with E-state index in [4.69, 9.17) is 15.2 Å². The molecular weight excluding hydrogens is 278 g/mol. The fraction of sp³-hybridized carbons (Fsp3) is 0.167. The van der Waals surface area contributed by atoms with Gasteiger partial charge in [-0.05, 0) is 28.8 Å². The molecule has 0 bridgehead atoms. The minimum Gasteiger partial charge on any atom is -0.497 e. The van der Waals surface area contributed by atoms with E-state index in [-0.39, 0.29) is 12.3 Å². The van der Waals surface area contributed by atoms with E-state index in [0.29, 0.717) is 0 Å². The van der Waals surface area contributed by atoms with E-state index in [9.17, 15) is 4.79 Å². The topological polar surface area (TPSA) is 61.5 Å². The second-order valence-corrected chi connectivity index (χ2v) is 4.86. The SMILES string of the molecule is COc1cc(/C=C/c2ccc(CC(N)=O)cc2)cc(OC)c1. The second-order valence-electron chi connectivity index (χ2n) is 4.86. The summed E-state index contributed by atoms with van der Waals surface area (Å²) in [6.07, 6.45) is 4.23. The highest BCUT2D eigenvalue weighted by Gasteiger charge is 2.00. The van der Waals surface area contributed by atoms with Gasteiger partial charge in [0.15, 0.2) is 0 Å². The number of amides is 1. The minimum absolute atomic E-state index is 0.261. The number of hydrogen-bond donors (Lipinski definition) is 1. The van der Waals surface area contributed by atoms with Crippen LogP contribution in [0.15, 0.2) is 42.5 Å². The molecule has 2 aromatic carbocycles. The van der Waals surface area contributed by atoms with Crippen molar-refractivity contribution in [3.8, 4) is 11.5 Å². The van der Waals surface area contributed by atoms with Crippen LogP contribution in [0.5, 0.6) is 11.5 Å². The molecule has 0 aliphatic rings. The van der Waals surface area contributed by atoms with Crippen molar-refractivity contribution in [1.82, 2.24) is 0 Å². The van der Waals surface area contributed by atoms with E-state index in [2.05, 4.69) is 0 Å². The summed E-state index contributed by atoms with van der Waals surface area (Å²) in [5.74, 6) is 1.17. The summed E-state index contributed by atoms with van der Waals surface area (Å²) in [5.41, 5.74) is 8.11. The zero-order valence-corrected chi connectivity index (χ0v) is 12.7. The first-order valence-corrected chi connectivity index (χ1v) is 6.89. The third-order valence-electron chi connectivity index (χ3n) is 3.20. The van der Waals surface area contributed by atoms with Crippen molar-refractivity contribution in [2.75, 3.05) is 14.2 Å². The van der Waals surface area contributed by atoms with Crippen LogP contribution in [-0.2, 0) is 11.2 Å². The molecule has 0 aliphatic heterocycles. The lowest BCUT2D eigenvalue weighted by Crippen LogP contribution is -2.13.